The molecule has 1 aliphatic rings. The molecule has 1 aliphatic heterocycles. The number of hydrogen-bond acceptors (Lipinski definition) is 5. The van der Waals surface area contributed by atoms with Crippen LogP contribution in [0.3, 0.4) is 0 Å². The third kappa shape index (κ3) is 3.92. The van der Waals surface area contributed by atoms with Crippen LogP contribution in [0.1, 0.15) is 10.4 Å². The van der Waals surface area contributed by atoms with Gasteiger partial charge < -0.3 is 15.7 Å². The van der Waals surface area contributed by atoms with Gasteiger partial charge >= 0.3 is 0 Å². The summed E-state index contributed by atoms with van der Waals surface area (Å²) in [4.78, 5) is 23.4. The van der Waals surface area contributed by atoms with E-state index in [9.17, 15) is 14.7 Å². The number of nitrogens with one attached hydrogen (secondary N) is 4. The zero-order valence-corrected chi connectivity index (χ0v) is 12.2. The Hall–Kier alpha value is -1.64. The summed E-state index contributed by atoms with van der Waals surface area (Å²) in [5.74, 6) is -0.903. The average molecular weight is 343 g/mol. The van der Waals surface area contributed by atoms with Gasteiger partial charge in [-0.05, 0) is 18.2 Å². The first-order valence-electron chi connectivity index (χ1n) is 6.08. The molecule has 1 heterocycles. The molecule has 1 aromatic rings. The summed E-state index contributed by atoms with van der Waals surface area (Å²) in [7, 11) is 0. The van der Waals surface area contributed by atoms with Crippen molar-refractivity contribution in [1.82, 2.24) is 21.5 Å². The molecule has 0 saturated carbocycles. The molecule has 2 amide bonds. The molecule has 0 aromatic heterocycles. The lowest BCUT2D eigenvalue weighted by Crippen LogP contribution is -2.44. The smallest absolute Gasteiger partial charge is 0.255 e. The van der Waals surface area contributed by atoms with Crippen molar-refractivity contribution in [1.29, 1.82) is 0 Å². The van der Waals surface area contributed by atoms with Crippen LogP contribution in [0.4, 0.5) is 0 Å². The fraction of sp³-hybridized carbons (Fsp3) is 0.333. The van der Waals surface area contributed by atoms with E-state index in [1.54, 1.807) is 6.07 Å². The topological polar surface area (TPSA) is 102 Å². The number of phenols is 1. The molecule has 7 nitrogen and oxygen atoms in total. The Morgan fingerprint density at radius 1 is 1.35 bits per heavy atom. The molecule has 1 saturated heterocycles. The number of carbonyl (C=O) groups is 2. The summed E-state index contributed by atoms with van der Waals surface area (Å²) in [5, 5.41) is 14.9. The van der Waals surface area contributed by atoms with Crippen LogP contribution >= 0.6 is 15.9 Å². The number of hydrazine groups is 1. The molecule has 0 unspecified atom stereocenters. The predicted octanol–water partition coefficient (Wildman–Crippen LogP) is -0.523. The van der Waals surface area contributed by atoms with Crippen LogP contribution in [-0.2, 0) is 4.79 Å². The van der Waals surface area contributed by atoms with Crippen LogP contribution in [0, 0.1) is 0 Å². The Morgan fingerprint density at radius 3 is 2.70 bits per heavy atom. The first-order chi connectivity index (χ1) is 9.56. The number of carbonyl (C=O) groups excluding carboxylic acids is 2. The van der Waals surface area contributed by atoms with Gasteiger partial charge in [0.25, 0.3) is 5.91 Å². The second kappa shape index (κ2) is 6.69. The highest BCUT2D eigenvalue weighted by Crippen LogP contribution is 2.21. The van der Waals surface area contributed by atoms with Gasteiger partial charge in [0.05, 0.1) is 18.2 Å². The zero-order chi connectivity index (χ0) is 14.5. The van der Waals surface area contributed by atoms with Gasteiger partial charge in [-0.25, -0.2) is 0 Å². The second-order valence-electron chi connectivity index (χ2n) is 4.37. The molecule has 0 aliphatic carbocycles. The van der Waals surface area contributed by atoms with Gasteiger partial charge in [-0.3, -0.25) is 20.4 Å². The standard InChI is InChI=1S/C12H15BrN4O3/c13-7-1-2-9(10(18)3-7)12(20)14-6-11(19)17-8-4-15-16-5-8/h1-3,8,15-16,18H,4-6H2,(H,14,20)(H,17,19). The largest absolute Gasteiger partial charge is 0.507 e. The maximum Gasteiger partial charge on any atom is 0.255 e. The van der Waals surface area contributed by atoms with E-state index in [1.165, 1.54) is 12.1 Å². The van der Waals surface area contributed by atoms with Crippen LogP contribution < -0.4 is 21.5 Å². The second-order valence-corrected chi connectivity index (χ2v) is 5.29. The molecule has 0 bridgehead atoms. The highest BCUT2D eigenvalue weighted by atomic mass is 79.9. The Morgan fingerprint density at radius 2 is 2.05 bits per heavy atom. The maximum atomic E-state index is 11.8. The summed E-state index contributed by atoms with van der Waals surface area (Å²) < 4.78 is 0.672. The van der Waals surface area contributed by atoms with Crippen LogP contribution in [0.2, 0.25) is 0 Å². The summed E-state index contributed by atoms with van der Waals surface area (Å²) >= 11 is 3.19. The average Bonchev–Trinajstić information content (AvgIpc) is 2.89. The number of halogens is 1. The third-order valence-corrected chi connectivity index (χ3v) is 3.29. The van der Waals surface area contributed by atoms with Crippen LogP contribution in [0.25, 0.3) is 0 Å². The van der Waals surface area contributed by atoms with Crippen molar-refractivity contribution in [2.45, 2.75) is 6.04 Å². The van der Waals surface area contributed by atoms with E-state index in [0.717, 1.165) is 0 Å². The summed E-state index contributed by atoms with van der Waals surface area (Å²) in [6.07, 6.45) is 0. The van der Waals surface area contributed by atoms with Gasteiger partial charge in [0.15, 0.2) is 0 Å². The molecule has 5 N–H and O–H groups in total. The first-order valence-corrected chi connectivity index (χ1v) is 6.87. The normalized spacial score (nSPS) is 15.1. The number of hydrogen-bond donors (Lipinski definition) is 5. The van der Waals surface area contributed by atoms with Crippen LogP contribution in [0.15, 0.2) is 22.7 Å². The number of amides is 2. The van der Waals surface area contributed by atoms with E-state index in [4.69, 9.17) is 0 Å². The highest BCUT2D eigenvalue weighted by molar-refractivity contribution is 9.10. The third-order valence-electron chi connectivity index (χ3n) is 2.80. The van der Waals surface area contributed by atoms with Crippen molar-refractivity contribution in [3.8, 4) is 5.75 Å². The van der Waals surface area contributed by atoms with Crippen molar-refractivity contribution < 1.29 is 14.7 Å². The Balaban J connectivity index is 1.83. The number of aromatic hydroxyl groups is 1. The van der Waals surface area contributed by atoms with E-state index < -0.39 is 5.91 Å². The quantitative estimate of drug-likeness (QED) is 0.506. The zero-order valence-electron chi connectivity index (χ0n) is 10.6. The molecule has 8 heteroatoms. The molecule has 0 atom stereocenters. The number of rotatable bonds is 4. The Labute approximate surface area is 124 Å². The highest BCUT2D eigenvalue weighted by Gasteiger charge is 2.17. The number of phenolic OH excluding ortho intramolecular Hbond substituents is 1. The summed E-state index contributed by atoms with van der Waals surface area (Å²) in [5.41, 5.74) is 5.91. The van der Waals surface area contributed by atoms with Gasteiger partial charge in [0, 0.05) is 17.6 Å². The minimum absolute atomic E-state index is 0.0143. The molecular formula is C12H15BrN4O3. The van der Waals surface area contributed by atoms with Gasteiger partial charge in [0.2, 0.25) is 5.91 Å². The molecular weight excluding hydrogens is 328 g/mol. The summed E-state index contributed by atoms with van der Waals surface area (Å²) in [6, 6.07) is 4.56. The molecule has 1 fully saturated rings. The molecule has 0 spiro atoms. The van der Waals surface area contributed by atoms with E-state index >= 15 is 0 Å². The van der Waals surface area contributed by atoms with Gasteiger partial charge in [-0.1, -0.05) is 15.9 Å². The number of benzene rings is 1. The molecule has 108 valence electrons. The molecule has 2 rings (SSSR count). The van der Waals surface area contributed by atoms with Gasteiger partial charge in [0.1, 0.15) is 5.75 Å². The van der Waals surface area contributed by atoms with Crippen molar-refractivity contribution in [2.75, 3.05) is 19.6 Å². The van der Waals surface area contributed by atoms with Crippen LogP contribution in [-0.4, -0.2) is 42.6 Å². The lowest BCUT2D eigenvalue weighted by Gasteiger charge is -2.11. The Kier molecular flexibility index (Phi) is 4.94. The van der Waals surface area contributed by atoms with Crippen molar-refractivity contribution in [2.24, 2.45) is 0 Å². The lowest BCUT2D eigenvalue weighted by atomic mass is 10.2. The van der Waals surface area contributed by atoms with E-state index in [-0.39, 0.29) is 29.8 Å². The monoisotopic (exact) mass is 342 g/mol. The SMILES string of the molecule is O=C(CNC(=O)c1ccc(Br)cc1O)NC1CNNC1. The fourth-order valence-corrected chi connectivity index (χ4v) is 2.15. The van der Waals surface area contributed by atoms with Gasteiger partial charge in [-0.15, -0.1) is 0 Å². The fourth-order valence-electron chi connectivity index (χ4n) is 1.80. The first kappa shape index (κ1) is 14.8. The lowest BCUT2D eigenvalue weighted by molar-refractivity contribution is -0.120. The van der Waals surface area contributed by atoms with Crippen LogP contribution in [0.5, 0.6) is 5.75 Å². The van der Waals surface area contributed by atoms with Crippen molar-refractivity contribution >= 4 is 27.7 Å². The summed E-state index contributed by atoms with van der Waals surface area (Å²) in [6.45, 7) is 1.16. The maximum absolute atomic E-state index is 11.8. The van der Waals surface area contributed by atoms with E-state index in [0.29, 0.717) is 17.6 Å². The van der Waals surface area contributed by atoms with Gasteiger partial charge in [-0.2, -0.15) is 0 Å². The Bertz CT molecular complexity index is 517. The van der Waals surface area contributed by atoms with Crippen molar-refractivity contribution in [3.05, 3.63) is 28.2 Å². The van der Waals surface area contributed by atoms with E-state index in [2.05, 4.69) is 37.4 Å². The molecule has 1 aromatic carbocycles. The minimum Gasteiger partial charge on any atom is -0.507 e. The van der Waals surface area contributed by atoms with E-state index in [1.807, 2.05) is 0 Å². The van der Waals surface area contributed by atoms with Crippen molar-refractivity contribution in [3.63, 3.8) is 0 Å². The minimum atomic E-state index is -0.493. The molecule has 20 heavy (non-hydrogen) atoms. The predicted molar refractivity (Wildman–Crippen MR) is 76.1 cm³/mol. The molecule has 0 radical (unpaired) electrons.